The number of piperidine rings is 1. The average molecular weight is 417 g/mol. The van der Waals surface area contributed by atoms with E-state index in [9.17, 15) is 4.79 Å². The Kier molecular flexibility index (Phi) is 5.53. The molecular weight excluding hydrogens is 384 g/mol. The molecule has 2 atom stereocenters. The van der Waals surface area contributed by atoms with Crippen LogP contribution >= 0.6 is 0 Å². The first kappa shape index (κ1) is 20.3. The lowest BCUT2D eigenvalue weighted by Gasteiger charge is -2.36. The summed E-state index contributed by atoms with van der Waals surface area (Å²) < 4.78 is 0. The van der Waals surface area contributed by atoms with E-state index in [0.717, 1.165) is 39.0 Å². The SMILES string of the molecule is Cc1cccc2c(-c3ccncc3)c(C3CCCN(C(=O)C(C)N4CCCC4)C3)[nH]c12. The number of aromatic nitrogens is 2. The third-order valence-corrected chi connectivity index (χ3v) is 7.23. The normalized spacial score (nSPS) is 21.0. The second kappa shape index (κ2) is 8.46. The lowest BCUT2D eigenvalue weighted by molar-refractivity contribution is -0.137. The van der Waals surface area contributed by atoms with Crippen LogP contribution in [-0.4, -0.2) is 57.9 Å². The Balaban J connectivity index is 1.49. The second-order valence-corrected chi connectivity index (χ2v) is 9.19. The standard InChI is InChI=1S/C26H32N4O/c1-18-7-5-9-22-23(20-10-12-27-13-11-20)25(28-24(18)22)21-8-6-16-30(17-21)26(31)19(2)29-14-3-4-15-29/h5,7,9-13,19,21,28H,3-4,6,8,14-17H2,1-2H3. The number of nitrogens with zero attached hydrogens (tertiary/aromatic N) is 3. The number of likely N-dealkylation sites (tertiary alicyclic amines) is 2. The van der Waals surface area contributed by atoms with Gasteiger partial charge in [0, 0.05) is 53.6 Å². The molecule has 3 aromatic rings. The zero-order chi connectivity index (χ0) is 21.4. The second-order valence-electron chi connectivity index (χ2n) is 9.19. The highest BCUT2D eigenvalue weighted by Gasteiger charge is 2.33. The fourth-order valence-corrected chi connectivity index (χ4v) is 5.48. The van der Waals surface area contributed by atoms with Gasteiger partial charge in [-0.3, -0.25) is 14.7 Å². The quantitative estimate of drug-likeness (QED) is 0.669. The van der Waals surface area contributed by atoms with Crippen molar-refractivity contribution in [2.75, 3.05) is 26.2 Å². The van der Waals surface area contributed by atoms with E-state index in [0.29, 0.717) is 11.8 Å². The molecule has 0 spiro atoms. The number of aryl methyl sites for hydroxylation is 1. The van der Waals surface area contributed by atoms with Gasteiger partial charge in [0.25, 0.3) is 0 Å². The number of carbonyl (C=O) groups is 1. The Labute approximate surface area is 184 Å². The van der Waals surface area contributed by atoms with Crippen molar-refractivity contribution in [1.82, 2.24) is 19.8 Å². The van der Waals surface area contributed by atoms with E-state index in [-0.39, 0.29) is 6.04 Å². The molecule has 2 unspecified atom stereocenters. The van der Waals surface area contributed by atoms with Crippen molar-refractivity contribution >= 4 is 16.8 Å². The van der Waals surface area contributed by atoms with Gasteiger partial charge in [-0.1, -0.05) is 18.2 Å². The zero-order valence-corrected chi connectivity index (χ0v) is 18.6. The lowest BCUT2D eigenvalue weighted by Crippen LogP contribution is -2.49. The number of rotatable bonds is 4. The first-order valence-electron chi connectivity index (χ1n) is 11.7. The first-order valence-corrected chi connectivity index (χ1v) is 11.7. The molecule has 2 aliphatic rings. The van der Waals surface area contributed by atoms with E-state index in [1.54, 1.807) is 0 Å². The number of hydrogen-bond donors (Lipinski definition) is 1. The molecule has 0 radical (unpaired) electrons. The van der Waals surface area contributed by atoms with E-state index in [1.165, 1.54) is 46.1 Å². The van der Waals surface area contributed by atoms with Crippen LogP contribution < -0.4 is 0 Å². The van der Waals surface area contributed by atoms with Crippen molar-refractivity contribution in [2.45, 2.75) is 51.5 Å². The average Bonchev–Trinajstić information content (AvgIpc) is 3.48. The summed E-state index contributed by atoms with van der Waals surface area (Å²) in [6, 6.07) is 10.7. The van der Waals surface area contributed by atoms with Crippen molar-refractivity contribution in [1.29, 1.82) is 0 Å². The maximum absolute atomic E-state index is 13.3. The van der Waals surface area contributed by atoms with E-state index in [2.05, 4.69) is 63.9 Å². The maximum Gasteiger partial charge on any atom is 0.239 e. The highest BCUT2D eigenvalue weighted by molar-refractivity contribution is 5.99. The zero-order valence-electron chi connectivity index (χ0n) is 18.6. The van der Waals surface area contributed by atoms with Crippen LogP contribution in [0.15, 0.2) is 42.7 Å². The van der Waals surface area contributed by atoms with Gasteiger partial charge in [-0.15, -0.1) is 0 Å². The van der Waals surface area contributed by atoms with Gasteiger partial charge >= 0.3 is 0 Å². The third kappa shape index (κ3) is 3.76. The molecule has 162 valence electrons. The first-order chi connectivity index (χ1) is 15.1. The number of pyridine rings is 1. The van der Waals surface area contributed by atoms with Crippen LogP contribution in [0.5, 0.6) is 0 Å². The van der Waals surface area contributed by atoms with Crippen LogP contribution in [-0.2, 0) is 4.79 Å². The molecule has 2 aliphatic heterocycles. The Bertz CT molecular complexity index is 1070. The summed E-state index contributed by atoms with van der Waals surface area (Å²) in [6.07, 6.45) is 8.30. The summed E-state index contributed by atoms with van der Waals surface area (Å²) in [5.41, 5.74) is 6.19. The predicted molar refractivity (Wildman–Crippen MR) is 125 cm³/mol. The topological polar surface area (TPSA) is 52.2 Å². The van der Waals surface area contributed by atoms with Crippen LogP contribution in [0.3, 0.4) is 0 Å². The van der Waals surface area contributed by atoms with E-state index >= 15 is 0 Å². The predicted octanol–water partition coefficient (Wildman–Crippen LogP) is 4.73. The number of hydrogen-bond acceptors (Lipinski definition) is 3. The van der Waals surface area contributed by atoms with Gasteiger partial charge in [0.05, 0.1) is 6.04 Å². The Morgan fingerprint density at radius 2 is 1.87 bits per heavy atom. The van der Waals surface area contributed by atoms with Gasteiger partial charge in [-0.25, -0.2) is 0 Å². The summed E-state index contributed by atoms with van der Waals surface area (Å²) in [4.78, 5) is 25.8. The minimum atomic E-state index is -0.00845. The number of fused-ring (bicyclic) bond motifs is 1. The summed E-state index contributed by atoms with van der Waals surface area (Å²) in [5.74, 6) is 0.614. The minimum absolute atomic E-state index is 0.00845. The molecule has 31 heavy (non-hydrogen) atoms. The highest BCUT2D eigenvalue weighted by Crippen LogP contribution is 2.40. The summed E-state index contributed by atoms with van der Waals surface area (Å²) in [6.45, 7) is 8.02. The van der Waals surface area contributed by atoms with Gasteiger partial charge in [0.15, 0.2) is 0 Å². The van der Waals surface area contributed by atoms with Crippen molar-refractivity contribution in [3.05, 3.63) is 54.0 Å². The van der Waals surface area contributed by atoms with Gasteiger partial charge in [0.2, 0.25) is 5.91 Å². The molecule has 5 heteroatoms. The van der Waals surface area contributed by atoms with Gasteiger partial charge in [0.1, 0.15) is 0 Å². The van der Waals surface area contributed by atoms with Gasteiger partial charge < -0.3 is 9.88 Å². The van der Waals surface area contributed by atoms with Crippen molar-refractivity contribution in [3.63, 3.8) is 0 Å². The fourth-order valence-electron chi connectivity index (χ4n) is 5.48. The molecule has 0 bridgehead atoms. The molecule has 2 saturated heterocycles. The van der Waals surface area contributed by atoms with E-state index in [1.807, 2.05) is 12.4 Å². The van der Waals surface area contributed by atoms with Crippen LogP contribution in [0.2, 0.25) is 0 Å². The molecule has 5 rings (SSSR count). The lowest BCUT2D eigenvalue weighted by atomic mass is 9.89. The molecule has 1 N–H and O–H groups in total. The van der Waals surface area contributed by atoms with Crippen LogP contribution in [0.4, 0.5) is 0 Å². The Hall–Kier alpha value is -2.66. The molecular formula is C26H32N4O. The fraction of sp³-hybridized carbons (Fsp3) is 0.462. The Morgan fingerprint density at radius 1 is 1.10 bits per heavy atom. The molecule has 4 heterocycles. The van der Waals surface area contributed by atoms with Crippen LogP contribution in [0, 0.1) is 6.92 Å². The van der Waals surface area contributed by atoms with E-state index < -0.39 is 0 Å². The summed E-state index contributed by atoms with van der Waals surface area (Å²) in [5, 5.41) is 1.26. The van der Waals surface area contributed by atoms with Gasteiger partial charge in [-0.05, 0) is 75.9 Å². The number of para-hydroxylation sites is 1. The Morgan fingerprint density at radius 3 is 2.65 bits per heavy atom. The number of nitrogens with one attached hydrogen (secondary N) is 1. The van der Waals surface area contributed by atoms with E-state index in [4.69, 9.17) is 0 Å². The summed E-state index contributed by atoms with van der Waals surface area (Å²) in [7, 11) is 0. The smallest absolute Gasteiger partial charge is 0.239 e. The largest absolute Gasteiger partial charge is 0.357 e. The maximum atomic E-state index is 13.3. The number of benzene rings is 1. The van der Waals surface area contributed by atoms with Crippen LogP contribution in [0.1, 0.15) is 49.8 Å². The highest BCUT2D eigenvalue weighted by atomic mass is 16.2. The summed E-state index contributed by atoms with van der Waals surface area (Å²) >= 11 is 0. The monoisotopic (exact) mass is 416 g/mol. The third-order valence-electron chi connectivity index (χ3n) is 7.23. The molecule has 0 aliphatic carbocycles. The number of aromatic amines is 1. The molecule has 2 fully saturated rings. The number of H-pyrrole nitrogens is 1. The molecule has 0 saturated carbocycles. The molecule has 5 nitrogen and oxygen atoms in total. The van der Waals surface area contributed by atoms with Crippen molar-refractivity contribution in [2.24, 2.45) is 0 Å². The van der Waals surface area contributed by atoms with Gasteiger partial charge in [-0.2, -0.15) is 0 Å². The number of amides is 1. The molecule has 2 aromatic heterocycles. The van der Waals surface area contributed by atoms with Crippen molar-refractivity contribution in [3.8, 4) is 11.1 Å². The molecule has 1 aromatic carbocycles. The minimum Gasteiger partial charge on any atom is -0.357 e. The molecule has 1 amide bonds. The van der Waals surface area contributed by atoms with Crippen LogP contribution in [0.25, 0.3) is 22.0 Å². The van der Waals surface area contributed by atoms with Crippen molar-refractivity contribution < 1.29 is 4.79 Å². The number of carbonyl (C=O) groups excluding carboxylic acids is 1.